The Morgan fingerprint density at radius 2 is 2.29 bits per heavy atom. The van der Waals surface area contributed by atoms with E-state index in [1.807, 2.05) is 6.92 Å². The molecule has 0 aliphatic rings. The normalized spacial score (nSPS) is 10.3. The van der Waals surface area contributed by atoms with E-state index in [0.29, 0.717) is 15.5 Å². The monoisotopic (exact) mass is 314 g/mol. The van der Waals surface area contributed by atoms with Crippen molar-refractivity contribution in [3.8, 4) is 0 Å². The van der Waals surface area contributed by atoms with Crippen LogP contribution in [0.2, 0.25) is 5.15 Å². The van der Waals surface area contributed by atoms with Crippen LogP contribution >= 0.6 is 27.5 Å². The summed E-state index contributed by atoms with van der Waals surface area (Å²) in [5, 5.41) is 3.09. The van der Waals surface area contributed by atoms with Gasteiger partial charge < -0.3 is 9.73 Å². The lowest BCUT2D eigenvalue weighted by Crippen LogP contribution is -2.11. The third-order valence-electron chi connectivity index (χ3n) is 2.07. The summed E-state index contributed by atoms with van der Waals surface area (Å²) in [5.74, 6) is -0.108. The highest BCUT2D eigenvalue weighted by Gasteiger charge is 2.11. The lowest BCUT2D eigenvalue weighted by molar-refractivity contribution is 0.0995. The summed E-state index contributed by atoms with van der Waals surface area (Å²) in [6, 6.07) is 4.97. The maximum atomic E-state index is 11.7. The number of halogens is 2. The number of amides is 1. The van der Waals surface area contributed by atoms with Crippen molar-refractivity contribution >= 4 is 39.1 Å². The van der Waals surface area contributed by atoms with E-state index >= 15 is 0 Å². The van der Waals surface area contributed by atoms with Crippen LogP contribution in [0.4, 0.5) is 5.69 Å². The Balaban J connectivity index is 2.15. The van der Waals surface area contributed by atoms with Gasteiger partial charge in [-0.15, -0.1) is 0 Å². The van der Waals surface area contributed by atoms with Crippen LogP contribution in [0.15, 0.2) is 33.5 Å². The molecule has 0 aliphatic carbocycles. The summed E-state index contributed by atoms with van der Waals surface area (Å²) in [7, 11) is 0. The SMILES string of the molecule is Cc1cc(NC(=O)c2ccc(Br)o2)cnc1Cl. The van der Waals surface area contributed by atoms with Crippen LogP contribution in [0.25, 0.3) is 0 Å². The minimum atomic E-state index is -0.334. The minimum Gasteiger partial charge on any atom is -0.444 e. The van der Waals surface area contributed by atoms with E-state index in [-0.39, 0.29) is 11.7 Å². The topological polar surface area (TPSA) is 55.1 Å². The van der Waals surface area contributed by atoms with Gasteiger partial charge in [-0.2, -0.15) is 0 Å². The molecular formula is C11H8BrClN2O2. The van der Waals surface area contributed by atoms with Crippen LogP contribution in [0.3, 0.4) is 0 Å². The first kappa shape index (κ1) is 12.1. The minimum absolute atomic E-state index is 0.226. The van der Waals surface area contributed by atoms with Gasteiger partial charge >= 0.3 is 0 Å². The molecule has 0 bridgehead atoms. The van der Waals surface area contributed by atoms with Gasteiger partial charge in [0.1, 0.15) is 5.15 Å². The van der Waals surface area contributed by atoms with Crippen molar-refractivity contribution in [3.63, 3.8) is 0 Å². The second-order valence-corrected chi connectivity index (χ2v) is 4.53. The predicted molar refractivity (Wildman–Crippen MR) is 68.3 cm³/mol. The number of nitrogens with zero attached hydrogens (tertiary/aromatic N) is 1. The Hall–Kier alpha value is -1.33. The van der Waals surface area contributed by atoms with Gasteiger partial charge in [-0.1, -0.05) is 11.6 Å². The van der Waals surface area contributed by atoms with E-state index < -0.39 is 0 Å². The Labute approximate surface area is 111 Å². The van der Waals surface area contributed by atoms with Crippen LogP contribution < -0.4 is 5.32 Å². The molecule has 2 rings (SSSR count). The molecule has 0 saturated carbocycles. The number of carbonyl (C=O) groups excluding carboxylic acids is 1. The molecule has 2 heterocycles. The molecule has 0 atom stereocenters. The zero-order valence-electron chi connectivity index (χ0n) is 8.83. The van der Waals surface area contributed by atoms with Gasteiger partial charge in [-0.25, -0.2) is 4.98 Å². The molecule has 0 aromatic carbocycles. The fourth-order valence-electron chi connectivity index (χ4n) is 1.26. The zero-order chi connectivity index (χ0) is 12.4. The fraction of sp³-hybridized carbons (Fsp3) is 0.0909. The third-order valence-corrected chi connectivity index (χ3v) is 2.89. The van der Waals surface area contributed by atoms with Crippen LogP contribution in [-0.4, -0.2) is 10.9 Å². The van der Waals surface area contributed by atoms with E-state index in [9.17, 15) is 4.79 Å². The number of rotatable bonds is 2. The predicted octanol–water partition coefficient (Wildman–Crippen LogP) is 3.65. The van der Waals surface area contributed by atoms with Gasteiger partial charge in [0.05, 0.1) is 11.9 Å². The summed E-state index contributed by atoms with van der Waals surface area (Å²) in [4.78, 5) is 15.7. The quantitative estimate of drug-likeness (QED) is 0.861. The molecule has 1 amide bonds. The van der Waals surface area contributed by atoms with Crippen LogP contribution in [0.1, 0.15) is 16.1 Å². The molecule has 2 aromatic heterocycles. The molecule has 88 valence electrons. The number of pyridine rings is 1. The van der Waals surface area contributed by atoms with Gasteiger partial charge in [-0.05, 0) is 46.6 Å². The number of carbonyl (C=O) groups is 1. The molecule has 0 aliphatic heterocycles. The fourth-order valence-corrected chi connectivity index (χ4v) is 1.67. The van der Waals surface area contributed by atoms with E-state index in [0.717, 1.165) is 5.56 Å². The summed E-state index contributed by atoms with van der Waals surface area (Å²) >= 11 is 8.92. The highest BCUT2D eigenvalue weighted by atomic mass is 79.9. The van der Waals surface area contributed by atoms with Crippen molar-refractivity contribution in [2.24, 2.45) is 0 Å². The van der Waals surface area contributed by atoms with Crippen LogP contribution in [0, 0.1) is 6.92 Å². The Bertz CT molecular complexity index is 568. The first-order valence-electron chi connectivity index (χ1n) is 4.75. The standard InChI is InChI=1S/C11H8BrClN2O2/c1-6-4-7(5-14-10(6)13)15-11(16)8-2-3-9(12)17-8/h2-5H,1H3,(H,15,16). The van der Waals surface area contributed by atoms with Crippen molar-refractivity contribution in [1.29, 1.82) is 0 Å². The van der Waals surface area contributed by atoms with Gasteiger partial charge in [-0.3, -0.25) is 4.79 Å². The van der Waals surface area contributed by atoms with Crippen molar-refractivity contribution in [1.82, 2.24) is 4.98 Å². The van der Waals surface area contributed by atoms with E-state index in [4.69, 9.17) is 16.0 Å². The first-order valence-corrected chi connectivity index (χ1v) is 5.92. The molecule has 0 radical (unpaired) electrons. The highest BCUT2D eigenvalue weighted by Crippen LogP contribution is 2.18. The van der Waals surface area contributed by atoms with E-state index in [1.165, 1.54) is 6.20 Å². The molecule has 0 unspecified atom stereocenters. The van der Waals surface area contributed by atoms with Crippen LogP contribution in [-0.2, 0) is 0 Å². The van der Waals surface area contributed by atoms with Gasteiger partial charge in [0.15, 0.2) is 10.4 Å². The molecule has 0 fully saturated rings. The number of nitrogens with one attached hydrogen (secondary N) is 1. The van der Waals surface area contributed by atoms with Gasteiger partial charge in [0.2, 0.25) is 0 Å². The Kier molecular flexibility index (Phi) is 3.49. The van der Waals surface area contributed by atoms with Gasteiger partial charge in [0.25, 0.3) is 5.91 Å². The lowest BCUT2D eigenvalue weighted by Gasteiger charge is -2.04. The number of hydrogen-bond donors (Lipinski definition) is 1. The molecule has 0 spiro atoms. The smallest absolute Gasteiger partial charge is 0.291 e. The van der Waals surface area contributed by atoms with Crippen molar-refractivity contribution in [3.05, 3.63) is 45.5 Å². The largest absolute Gasteiger partial charge is 0.444 e. The van der Waals surface area contributed by atoms with Crippen LogP contribution in [0.5, 0.6) is 0 Å². The molecular weight excluding hydrogens is 307 g/mol. The summed E-state index contributed by atoms with van der Waals surface area (Å²) < 4.78 is 5.64. The average Bonchev–Trinajstić information content (AvgIpc) is 2.70. The number of hydrogen-bond acceptors (Lipinski definition) is 3. The number of furan rings is 1. The zero-order valence-corrected chi connectivity index (χ0v) is 11.2. The molecule has 4 nitrogen and oxygen atoms in total. The first-order chi connectivity index (χ1) is 8.06. The number of aromatic nitrogens is 1. The maximum absolute atomic E-state index is 11.7. The van der Waals surface area contributed by atoms with E-state index in [1.54, 1.807) is 18.2 Å². The highest BCUT2D eigenvalue weighted by molar-refractivity contribution is 9.10. The molecule has 1 N–H and O–H groups in total. The Morgan fingerprint density at radius 3 is 2.88 bits per heavy atom. The van der Waals surface area contributed by atoms with Crippen molar-refractivity contribution < 1.29 is 9.21 Å². The lowest BCUT2D eigenvalue weighted by atomic mass is 10.3. The molecule has 2 aromatic rings. The second-order valence-electron chi connectivity index (χ2n) is 3.39. The summed E-state index contributed by atoms with van der Waals surface area (Å²) in [6.07, 6.45) is 1.49. The maximum Gasteiger partial charge on any atom is 0.291 e. The number of anilines is 1. The molecule has 17 heavy (non-hydrogen) atoms. The average molecular weight is 316 g/mol. The third kappa shape index (κ3) is 2.87. The van der Waals surface area contributed by atoms with Crippen molar-refractivity contribution in [2.45, 2.75) is 6.92 Å². The van der Waals surface area contributed by atoms with E-state index in [2.05, 4.69) is 26.2 Å². The molecule has 6 heteroatoms. The van der Waals surface area contributed by atoms with Gasteiger partial charge in [0, 0.05) is 0 Å². The number of aryl methyl sites for hydroxylation is 1. The van der Waals surface area contributed by atoms with Crippen molar-refractivity contribution in [2.75, 3.05) is 5.32 Å². The molecule has 0 saturated heterocycles. The second kappa shape index (κ2) is 4.89. The Morgan fingerprint density at radius 1 is 1.53 bits per heavy atom. The summed E-state index contributed by atoms with van der Waals surface area (Å²) in [6.45, 7) is 1.81. The summed E-state index contributed by atoms with van der Waals surface area (Å²) in [5.41, 5.74) is 1.37.